The zero-order chi connectivity index (χ0) is 16.4. The van der Waals surface area contributed by atoms with Crippen LogP contribution in [0.3, 0.4) is 0 Å². The van der Waals surface area contributed by atoms with Gasteiger partial charge in [-0.25, -0.2) is 0 Å². The molecule has 3 aliphatic carbocycles. The highest BCUT2D eigenvalue weighted by Gasteiger charge is 2.42. The van der Waals surface area contributed by atoms with Crippen molar-refractivity contribution in [3.8, 4) is 0 Å². The number of hydrogen-bond donors (Lipinski definition) is 0. The monoisotopic (exact) mass is 316 g/mol. The molecule has 1 aromatic carbocycles. The van der Waals surface area contributed by atoms with Crippen LogP contribution >= 0.6 is 0 Å². The zero-order valence-electron chi connectivity index (χ0n) is 14.0. The van der Waals surface area contributed by atoms with Crippen LogP contribution < -0.4 is 0 Å². The molecule has 23 heavy (non-hydrogen) atoms. The van der Waals surface area contributed by atoms with Gasteiger partial charge in [0.15, 0.2) is 5.78 Å². The number of allylic oxidation sites excluding steroid dienone is 7. The minimum Gasteiger partial charge on any atom is -0.289 e. The van der Waals surface area contributed by atoms with Gasteiger partial charge in [-0.3, -0.25) is 4.79 Å². The summed E-state index contributed by atoms with van der Waals surface area (Å²) in [6.07, 6.45) is 6.47. The summed E-state index contributed by atoms with van der Waals surface area (Å²) in [6.45, 7) is 9.15. The van der Waals surface area contributed by atoms with Crippen molar-refractivity contribution in [1.82, 2.24) is 0 Å². The molecule has 0 bridgehead atoms. The van der Waals surface area contributed by atoms with Crippen molar-refractivity contribution in [2.45, 2.75) is 26.6 Å². The molecule has 0 saturated carbocycles. The van der Waals surface area contributed by atoms with E-state index in [-0.39, 0.29) is 11.7 Å². The van der Waals surface area contributed by atoms with E-state index in [9.17, 15) is 4.79 Å². The number of carbonyl (C=O) groups is 1. The Balaban J connectivity index is 2.07. The van der Waals surface area contributed by atoms with Gasteiger partial charge in [-0.1, -0.05) is 66.8 Å². The molecule has 114 valence electrons. The van der Waals surface area contributed by atoms with Crippen LogP contribution in [0.5, 0.6) is 0 Å². The first-order chi connectivity index (χ1) is 10.9. The van der Waals surface area contributed by atoms with Crippen LogP contribution in [0.25, 0.3) is 5.57 Å². The van der Waals surface area contributed by atoms with Gasteiger partial charge in [0, 0.05) is 28.2 Å². The van der Waals surface area contributed by atoms with E-state index in [1.165, 1.54) is 16.3 Å². The van der Waals surface area contributed by atoms with Crippen LogP contribution in [0.1, 0.15) is 22.8 Å². The first-order valence-electron chi connectivity index (χ1n) is 8.14. The molecule has 0 N–H and O–H groups in total. The highest BCUT2D eigenvalue weighted by atomic mass is 28.3. The van der Waals surface area contributed by atoms with E-state index in [2.05, 4.69) is 50.5 Å². The molecule has 0 spiro atoms. The van der Waals surface area contributed by atoms with Gasteiger partial charge in [0.2, 0.25) is 0 Å². The molecule has 0 radical (unpaired) electrons. The van der Waals surface area contributed by atoms with Gasteiger partial charge < -0.3 is 0 Å². The van der Waals surface area contributed by atoms with Crippen molar-refractivity contribution < 1.29 is 4.79 Å². The van der Waals surface area contributed by atoms with Gasteiger partial charge in [0.05, 0.1) is 8.07 Å². The van der Waals surface area contributed by atoms with Crippen LogP contribution in [0.15, 0.2) is 70.1 Å². The quantitative estimate of drug-likeness (QED) is 0.519. The molecule has 0 saturated heterocycles. The van der Waals surface area contributed by atoms with E-state index in [4.69, 9.17) is 0 Å². The molecule has 4 rings (SSSR count). The lowest BCUT2D eigenvalue weighted by Gasteiger charge is -2.32. The zero-order valence-corrected chi connectivity index (χ0v) is 15.0. The molecule has 3 aliphatic rings. The van der Waals surface area contributed by atoms with E-state index < -0.39 is 8.07 Å². The number of hydrogen-bond acceptors (Lipinski definition) is 1. The van der Waals surface area contributed by atoms with Gasteiger partial charge in [0.1, 0.15) is 0 Å². The second-order valence-corrected chi connectivity index (χ2v) is 12.6. The average molecular weight is 316 g/mol. The van der Waals surface area contributed by atoms with Crippen LogP contribution in [-0.2, 0) is 0 Å². The minimum absolute atomic E-state index is 0.198. The van der Waals surface area contributed by atoms with Crippen molar-refractivity contribution in [1.29, 1.82) is 0 Å². The first kappa shape index (κ1) is 14.4. The highest BCUT2D eigenvalue weighted by Crippen LogP contribution is 2.50. The summed E-state index contributed by atoms with van der Waals surface area (Å²) < 4.78 is 0. The largest absolute Gasteiger partial charge is 0.289 e. The molecule has 1 unspecified atom stereocenters. The first-order valence-corrected chi connectivity index (χ1v) is 11.6. The smallest absolute Gasteiger partial charge is 0.194 e. The molecule has 1 nitrogen and oxygen atoms in total. The summed E-state index contributed by atoms with van der Waals surface area (Å²) in [7, 11) is -1.63. The molecule has 2 heteroatoms. The number of benzene rings is 1. The lowest BCUT2D eigenvalue weighted by Crippen LogP contribution is -2.30. The van der Waals surface area contributed by atoms with Gasteiger partial charge >= 0.3 is 0 Å². The molecule has 0 heterocycles. The Morgan fingerprint density at radius 1 is 1.04 bits per heavy atom. The lowest BCUT2D eigenvalue weighted by atomic mass is 9.79. The normalized spacial score (nSPS) is 22.2. The minimum atomic E-state index is -1.63. The summed E-state index contributed by atoms with van der Waals surface area (Å²) >= 11 is 0. The van der Waals surface area contributed by atoms with E-state index in [1.54, 1.807) is 0 Å². The summed E-state index contributed by atoms with van der Waals surface area (Å²) in [5, 5.41) is 1.30. The average Bonchev–Trinajstić information content (AvgIpc) is 2.81. The van der Waals surface area contributed by atoms with E-state index in [0.717, 1.165) is 22.3 Å². The molecule has 0 aromatic heterocycles. The Morgan fingerprint density at radius 2 is 1.74 bits per heavy atom. The fourth-order valence-electron chi connectivity index (χ4n) is 3.82. The molecule has 0 fully saturated rings. The highest BCUT2D eigenvalue weighted by molar-refractivity contribution is 6.85. The number of fused-ring (bicyclic) bond motifs is 4. The van der Waals surface area contributed by atoms with Crippen molar-refractivity contribution in [3.63, 3.8) is 0 Å². The summed E-state index contributed by atoms with van der Waals surface area (Å²) in [5.74, 6) is 0.462. The number of ketones is 1. The van der Waals surface area contributed by atoms with E-state index in [0.29, 0.717) is 0 Å². The Morgan fingerprint density at radius 3 is 2.43 bits per heavy atom. The van der Waals surface area contributed by atoms with Crippen LogP contribution in [0.2, 0.25) is 19.6 Å². The van der Waals surface area contributed by atoms with Gasteiger partial charge in [-0.05, 0) is 18.6 Å². The van der Waals surface area contributed by atoms with Crippen LogP contribution in [-0.4, -0.2) is 13.9 Å². The summed E-state index contributed by atoms with van der Waals surface area (Å²) in [5.41, 5.74) is 9.96. The molecule has 1 aromatic rings. The van der Waals surface area contributed by atoms with Crippen LogP contribution in [0, 0.1) is 5.92 Å². The van der Waals surface area contributed by atoms with Crippen molar-refractivity contribution >= 4 is 19.4 Å². The molecular formula is C21H20OSi. The predicted molar refractivity (Wildman–Crippen MR) is 98.0 cm³/mol. The van der Waals surface area contributed by atoms with Gasteiger partial charge in [0.25, 0.3) is 0 Å². The maximum atomic E-state index is 13.1. The van der Waals surface area contributed by atoms with Gasteiger partial charge in [-0.15, -0.1) is 5.73 Å². The topological polar surface area (TPSA) is 17.1 Å². The number of Topliss-reactive ketones (excluding diaryl/α,β-unsaturated/α-hetero) is 1. The van der Waals surface area contributed by atoms with E-state index >= 15 is 0 Å². The third kappa shape index (κ3) is 1.96. The van der Waals surface area contributed by atoms with Crippen molar-refractivity contribution in [3.05, 3.63) is 81.3 Å². The van der Waals surface area contributed by atoms with Gasteiger partial charge in [-0.2, -0.15) is 0 Å². The Hall–Kier alpha value is -2.15. The fraction of sp³-hybridized carbons (Fsp3) is 0.238. The Kier molecular flexibility index (Phi) is 2.93. The number of carbonyl (C=O) groups excluding carboxylic acids is 1. The summed E-state index contributed by atoms with van der Waals surface area (Å²) in [6, 6.07) is 8.03. The second kappa shape index (κ2) is 4.67. The van der Waals surface area contributed by atoms with E-state index in [1.807, 2.05) is 24.3 Å². The fourth-order valence-corrected chi connectivity index (χ4v) is 5.48. The molecule has 1 atom stereocenters. The van der Waals surface area contributed by atoms with Crippen LogP contribution in [0.4, 0.5) is 0 Å². The lowest BCUT2D eigenvalue weighted by molar-refractivity contribution is 0.104. The SMILES string of the molecule is CC1=CC=C=C2C3=C(C(=O)c4ccccc43)C([Si](C)(C)C)=CC21. The van der Waals surface area contributed by atoms with Crippen molar-refractivity contribution in [2.24, 2.45) is 5.92 Å². The number of rotatable bonds is 1. The maximum absolute atomic E-state index is 13.1. The Labute approximate surface area is 138 Å². The second-order valence-electron chi connectivity index (χ2n) is 7.57. The van der Waals surface area contributed by atoms with Crippen molar-refractivity contribution in [2.75, 3.05) is 0 Å². The molecule has 0 amide bonds. The summed E-state index contributed by atoms with van der Waals surface area (Å²) in [4.78, 5) is 13.1. The third-order valence-electron chi connectivity index (χ3n) is 4.98. The molecule has 0 aliphatic heterocycles. The molecular weight excluding hydrogens is 296 g/mol. The maximum Gasteiger partial charge on any atom is 0.194 e. The predicted octanol–water partition coefficient (Wildman–Crippen LogP) is 5.11. The third-order valence-corrected chi connectivity index (χ3v) is 7.02. The Bertz CT molecular complexity index is 909. The standard InChI is InChI=1S/C21H20OSi/c1-13-8-7-11-15-17(13)12-18(23(2,3)4)20-19(15)14-9-5-6-10-16(14)21(20)22/h5-10,12,17H,1-4H3.